The van der Waals surface area contributed by atoms with E-state index in [9.17, 15) is 0 Å². The third-order valence-corrected chi connectivity index (χ3v) is 4.19. The molecule has 2 rings (SSSR count). The maximum atomic E-state index is 5.73. The molecule has 0 unspecified atom stereocenters. The van der Waals surface area contributed by atoms with Crippen LogP contribution in [0.5, 0.6) is 11.5 Å². The lowest BCUT2D eigenvalue weighted by atomic mass is 10.2. The third-order valence-electron chi connectivity index (χ3n) is 3.08. The first-order chi connectivity index (χ1) is 11.1. The Morgan fingerprint density at radius 2 is 1.17 bits per heavy atom. The average Bonchev–Trinajstić information content (AvgIpc) is 2.54. The number of hydrogen-bond acceptors (Lipinski definition) is 3. The van der Waals surface area contributed by atoms with Gasteiger partial charge in [0, 0.05) is 0 Å². The molecule has 0 heterocycles. The largest absolute Gasteiger partial charge is 0.464 e. The lowest BCUT2D eigenvalue weighted by Gasteiger charge is -2.12. The Bertz CT molecular complexity index is 656. The lowest BCUT2D eigenvalue weighted by Crippen LogP contribution is -1.89. The van der Waals surface area contributed by atoms with Crippen molar-refractivity contribution in [3.05, 3.63) is 72.2 Å². The van der Waals surface area contributed by atoms with Gasteiger partial charge in [-0.2, -0.15) is 0 Å². The highest BCUT2D eigenvalue weighted by atomic mass is 32.2. The minimum Gasteiger partial charge on any atom is -0.464 e. The first-order valence-electron chi connectivity index (χ1n) is 7.59. The molecule has 0 aromatic heterocycles. The van der Waals surface area contributed by atoms with Gasteiger partial charge < -0.3 is 9.47 Å². The molecule has 0 fully saturated rings. The van der Waals surface area contributed by atoms with E-state index in [0.29, 0.717) is 0 Å². The van der Waals surface area contributed by atoms with Crippen LogP contribution in [-0.2, 0) is 0 Å². The van der Waals surface area contributed by atoms with Gasteiger partial charge in [-0.1, -0.05) is 36.0 Å². The van der Waals surface area contributed by atoms with E-state index < -0.39 is 0 Å². The molecule has 0 aliphatic carbocycles. The van der Waals surface area contributed by atoms with Crippen LogP contribution in [0.4, 0.5) is 0 Å². The molecule has 120 valence electrons. The number of ether oxygens (including phenoxy) is 2. The van der Waals surface area contributed by atoms with Crippen molar-refractivity contribution in [1.29, 1.82) is 0 Å². The maximum absolute atomic E-state index is 5.73. The van der Waals surface area contributed by atoms with E-state index in [-0.39, 0.29) is 0 Å². The molecular formula is C20H22O2S. The first kappa shape index (κ1) is 17.2. The fraction of sp³-hybridized carbons (Fsp3) is 0.200. The van der Waals surface area contributed by atoms with Crippen molar-refractivity contribution >= 4 is 11.8 Å². The Morgan fingerprint density at radius 1 is 0.739 bits per heavy atom. The smallest absolute Gasteiger partial charge is 0.140 e. The summed E-state index contributed by atoms with van der Waals surface area (Å²) in [5, 5.41) is 0. The second-order valence-corrected chi connectivity index (χ2v) is 6.26. The van der Waals surface area contributed by atoms with Gasteiger partial charge in [0.25, 0.3) is 0 Å². The number of rotatable bonds is 6. The molecule has 0 N–H and O–H groups in total. The van der Waals surface area contributed by atoms with Gasteiger partial charge in [-0.3, -0.25) is 0 Å². The molecule has 0 amide bonds. The molecule has 3 heteroatoms. The van der Waals surface area contributed by atoms with E-state index in [4.69, 9.17) is 9.47 Å². The quantitative estimate of drug-likeness (QED) is 0.582. The van der Waals surface area contributed by atoms with Crippen molar-refractivity contribution in [2.24, 2.45) is 0 Å². The molecule has 23 heavy (non-hydrogen) atoms. The van der Waals surface area contributed by atoms with E-state index in [2.05, 4.69) is 38.1 Å². The molecule has 2 nitrogen and oxygen atoms in total. The summed E-state index contributed by atoms with van der Waals surface area (Å²) in [5.74, 6) is 1.70. The Balaban J connectivity index is 2.35. The normalized spacial score (nSPS) is 11.3. The molecule has 0 radical (unpaired) electrons. The molecule has 0 bridgehead atoms. The number of benzene rings is 2. The average molecular weight is 326 g/mol. The third kappa shape index (κ3) is 4.93. The predicted molar refractivity (Wildman–Crippen MR) is 97.4 cm³/mol. The zero-order valence-electron chi connectivity index (χ0n) is 14.0. The summed E-state index contributed by atoms with van der Waals surface area (Å²) >= 11 is 1.64. The molecule has 2 aromatic rings. The minimum absolute atomic E-state index is 0.852. The molecule has 0 aliphatic heterocycles. The monoisotopic (exact) mass is 326 g/mol. The van der Waals surface area contributed by atoms with E-state index >= 15 is 0 Å². The summed E-state index contributed by atoms with van der Waals surface area (Å²) in [6, 6.07) is 12.4. The van der Waals surface area contributed by atoms with Gasteiger partial charge in [0.05, 0.1) is 22.3 Å². The van der Waals surface area contributed by atoms with Gasteiger partial charge in [0.2, 0.25) is 0 Å². The van der Waals surface area contributed by atoms with Gasteiger partial charge >= 0.3 is 0 Å². The molecule has 0 saturated heterocycles. The Morgan fingerprint density at radius 3 is 1.57 bits per heavy atom. The van der Waals surface area contributed by atoms with Crippen molar-refractivity contribution in [1.82, 2.24) is 0 Å². The molecule has 0 saturated carbocycles. The molecule has 0 atom stereocenters. The van der Waals surface area contributed by atoms with Crippen LogP contribution in [-0.4, -0.2) is 0 Å². The minimum atomic E-state index is 0.852. The van der Waals surface area contributed by atoms with E-state index in [1.54, 1.807) is 24.3 Å². The van der Waals surface area contributed by atoms with E-state index in [1.807, 2.05) is 38.1 Å². The Kier molecular flexibility index (Phi) is 6.36. The van der Waals surface area contributed by atoms with Crippen molar-refractivity contribution in [2.45, 2.75) is 37.5 Å². The number of hydrogen-bond donors (Lipinski definition) is 0. The van der Waals surface area contributed by atoms with Crippen molar-refractivity contribution in [2.75, 3.05) is 0 Å². The summed E-state index contributed by atoms with van der Waals surface area (Å²) in [5.41, 5.74) is 2.34. The zero-order chi connectivity index (χ0) is 16.7. The fourth-order valence-electron chi connectivity index (χ4n) is 1.98. The lowest BCUT2D eigenvalue weighted by molar-refractivity contribution is 0.465. The van der Waals surface area contributed by atoms with Crippen LogP contribution in [0.15, 0.2) is 70.9 Å². The summed E-state index contributed by atoms with van der Waals surface area (Å²) in [7, 11) is 0. The van der Waals surface area contributed by atoms with Gasteiger partial charge in [-0.05, 0) is 63.1 Å². The van der Waals surface area contributed by atoms with Crippen LogP contribution in [0.25, 0.3) is 0 Å². The Labute approximate surface area is 142 Å². The summed E-state index contributed by atoms with van der Waals surface area (Å²) in [4.78, 5) is 2.12. The van der Waals surface area contributed by atoms with E-state index in [0.717, 1.165) is 21.3 Å². The highest BCUT2D eigenvalue weighted by Crippen LogP contribution is 2.40. The van der Waals surface area contributed by atoms with Crippen LogP contribution >= 0.6 is 11.8 Å². The summed E-state index contributed by atoms with van der Waals surface area (Å²) in [6.07, 6.45) is 7.16. The van der Waals surface area contributed by atoms with Crippen molar-refractivity contribution < 1.29 is 9.47 Å². The maximum Gasteiger partial charge on any atom is 0.140 e. The van der Waals surface area contributed by atoms with Gasteiger partial charge in [0.15, 0.2) is 0 Å². The molecule has 2 aromatic carbocycles. The van der Waals surface area contributed by atoms with Crippen LogP contribution in [0, 0.1) is 13.8 Å². The summed E-state index contributed by atoms with van der Waals surface area (Å²) < 4.78 is 11.5. The second kappa shape index (κ2) is 8.49. The summed E-state index contributed by atoms with van der Waals surface area (Å²) in [6.45, 7) is 7.99. The number of aryl methyl sites for hydroxylation is 2. The Hall–Kier alpha value is -2.13. The topological polar surface area (TPSA) is 18.5 Å². The van der Waals surface area contributed by atoms with Crippen LogP contribution in [0.2, 0.25) is 0 Å². The number of allylic oxidation sites excluding steroid dienone is 2. The highest BCUT2D eigenvalue weighted by molar-refractivity contribution is 7.99. The van der Waals surface area contributed by atoms with Gasteiger partial charge in [0.1, 0.15) is 11.5 Å². The molecular weight excluding hydrogens is 304 g/mol. The standard InChI is InChI=1S/C20H22O2S/c1-5-11-21-17-13-15(3)7-9-19(17)23-20-10-8-16(4)14-18(20)22-12-6-2/h5-14H,1-4H3. The zero-order valence-corrected chi connectivity index (χ0v) is 14.8. The van der Waals surface area contributed by atoms with Gasteiger partial charge in [-0.15, -0.1) is 0 Å². The molecule has 0 spiro atoms. The van der Waals surface area contributed by atoms with Crippen LogP contribution < -0.4 is 9.47 Å². The van der Waals surface area contributed by atoms with Crippen LogP contribution in [0.1, 0.15) is 25.0 Å². The first-order valence-corrected chi connectivity index (χ1v) is 8.40. The highest BCUT2D eigenvalue weighted by Gasteiger charge is 2.10. The molecule has 0 aliphatic rings. The fourth-order valence-corrected chi connectivity index (χ4v) is 2.91. The van der Waals surface area contributed by atoms with Crippen molar-refractivity contribution in [3.63, 3.8) is 0 Å². The second-order valence-electron chi connectivity index (χ2n) is 5.18. The predicted octanol–water partition coefficient (Wildman–Crippen LogP) is 6.28. The van der Waals surface area contributed by atoms with Crippen LogP contribution in [0.3, 0.4) is 0 Å². The van der Waals surface area contributed by atoms with E-state index in [1.165, 1.54) is 11.1 Å². The van der Waals surface area contributed by atoms with Gasteiger partial charge in [-0.25, -0.2) is 0 Å². The van der Waals surface area contributed by atoms with Crippen molar-refractivity contribution in [3.8, 4) is 11.5 Å². The SMILES string of the molecule is CC=COc1cc(C)ccc1Sc1ccc(C)cc1OC=CC.